The maximum absolute atomic E-state index is 6.03. The monoisotopic (exact) mass is 299 g/mol. The minimum Gasteiger partial charge on any atom is -0.397 e. The molecule has 0 saturated carbocycles. The lowest BCUT2D eigenvalue weighted by molar-refractivity contribution is 0.184. The summed E-state index contributed by atoms with van der Waals surface area (Å²) in [6.45, 7) is 1.32. The number of nitrogens with zero attached hydrogens (tertiary/aromatic N) is 4. The largest absolute Gasteiger partial charge is 0.397 e. The van der Waals surface area contributed by atoms with Crippen molar-refractivity contribution in [2.24, 2.45) is 0 Å². The molecule has 1 unspecified atom stereocenters. The third-order valence-electron chi connectivity index (χ3n) is 3.06. The minimum absolute atomic E-state index is 0.140. The Balaban J connectivity index is 2.05. The van der Waals surface area contributed by atoms with Crippen LogP contribution in [0.15, 0.2) is 12.1 Å². The summed E-state index contributed by atoms with van der Waals surface area (Å²) in [6, 6.07) is 3.56. The lowest BCUT2D eigenvalue weighted by Crippen LogP contribution is -2.12. The van der Waals surface area contributed by atoms with Crippen LogP contribution in [0.3, 0.4) is 0 Å². The van der Waals surface area contributed by atoms with Crippen LogP contribution in [0, 0.1) is 0 Å². The van der Waals surface area contributed by atoms with Gasteiger partial charge >= 0.3 is 0 Å². The van der Waals surface area contributed by atoms with Crippen molar-refractivity contribution >= 4 is 28.9 Å². The smallest absolute Gasteiger partial charge is 0.182 e. The standard InChI is InChI=1S/C11H11Cl2N5O/c12-8-3-6(4-9(14)10(8)13)11-15-16-17-18(11)7-1-2-19-5-7/h3-4,7H,1-2,5,14H2. The zero-order valence-corrected chi connectivity index (χ0v) is 11.4. The second-order valence-electron chi connectivity index (χ2n) is 4.33. The van der Waals surface area contributed by atoms with Crippen molar-refractivity contribution in [1.29, 1.82) is 0 Å². The van der Waals surface area contributed by atoms with Crippen molar-refractivity contribution in [3.05, 3.63) is 22.2 Å². The van der Waals surface area contributed by atoms with Gasteiger partial charge in [-0.05, 0) is 29.0 Å². The predicted molar refractivity (Wildman–Crippen MR) is 72.2 cm³/mol. The number of benzene rings is 1. The molecule has 0 bridgehead atoms. The average molecular weight is 300 g/mol. The molecule has 6 nitrogen and oxygen atoms in total. The molecule has 1 aliphatic rings. The molecule has 0 radical (unpaired) electrons. The summed E-state index contributed by atoms with van der Waals surface area (Å²) >= 11 is 12.0. The molecule has 0 spiro atoms. The van der Waals surface area contributed by atoms with Crippen LogP contribution >= 0.6 is 23.2 Å². The van der Waals surface area contributed by atoms with Gasteiger partial charge in [0.15, 0.2) is 5.82 Å². The highest BCUT2D eigenvalue weighted by Gasteiger charge is 2.23. The van der Waals surface area contributed by atoms with Gasteiger partial charge < -0.3 is 10.5 Å². The first kappa shape index (κ1) is 12.7. The van der Waals surface area contributed by atoms with Crippen LogP contribution in [0.1, 0.15) is 12.5 Å². The van der Waals surface area contributed by atoms with Crippen molar-refractivity contribution in [1.82, 2.24) is 20.2 Å². The van der Waals surface area contributed by atoms with Gasteiger partial charge in [0.05, 0.1) is 28.4 Å². The number of rotatable bonds is 2. The molecule has 2 heterocycles. The number of aromatic nitrogens is 4. The van der Waals surface area contributed by atoms with Gasteiger partial charge in [-0.25, -0.2) is 4.68 Å². The van der Waals surface area contributed by atoms with Crippen LogP contribution in [0.25, 0.3) is 11.4 Å². The average Bonchev–Trinajstić information content (AvgIpc) is 3.04. The maximum Gasteiger partial charge on any atom is 0.182 e. The molecule has 100 valence electrons. The zero-order valence-electron chi connectivity index (χ0n) is 9.88. The number of anilines is 1. The van der Waals surface area contributed by atoms with Crippen LogP contribution in [0.4, 0.5) is 5.69 Å². The Morgan fingerprint density at radius 1 is 1.37 bits per heavy atom. The molecule has 2 N–H and O–H groups in total. The summed E-state index contributed by atoms with van der Waals surface area (Å²) in [6.07, 6.45) is 0.884. The van der Waals surface area contributed by atoms with Crippen molar-refractivity contribution in [3.63, 3.8) is 0 Å². The molecule has 1 saturated heterocycles. The summed E-state index contributed by atoms with van der Waals surface area (Å²) in [5.41, 5.74) is 6.96. The van der Waals surface area contributed by atoms with Crippen molar-refractivity contribution in [2.45, 2.75) is 12.5 Å². The van der Waals surface area contributed by atoms with Crippen molar-refractivity contribution in [3.8, 4) is 11.4 Å². The minimum atomic E-state index is 0.140. The Morgan fingerprint density at radius 3 is 2.89 bits per heavy atom. The van der Waals surface area contributed by atoms with Crippen LogP contribution < -0.4 is 5.73 Å². The zero-order chi connectivity index (χ0) is 13.4. The first-order valence-electron chi connectivity index (χ1n) is 5.77. The second-order valence-corrected chi connectivity index (χ2v) is 5.11. The first-order valence-corrected chi connectivity index (χ1v) is 6.53. The van der Waals surface area contributed by atoms with E-state index < -0.39 is 0 Å². The fourth-order valence-electron chi connectivity index (χ4n) is 2.08. The van der Waals surface area contributed by atoms with Crippen LogP contribution in [-0.4, -0.2) is 33.4 Å². The van der Waals surface area contributed by atoms with E-state index in [1.54, 1.807) is 16.8 Å². The topological polar surface area (TPSA) is 78.9 Å². The number of hydrogen-bond donors (Lipinski definition) is 1. The van der Waals surface area contributed by atoms with E-state index in [2.05, 4.69) is 15.5 Å². The molecule has 0 amide bonds. The number of hydrogen-bond acceptors (Lipinski definition) is 5. The van der Waals surface area contributed by atoms with Gasteiger partial charge in [-0.2, -0.15) is 0 Å². The lowest BCUT2D eigenvalue weighted by atomic mass is 10.1. The molecule has 19 heavy (non-hydrogen) atoms. The van der Waals surface area contributed by atoms with Gasteiger partial charge in [-0.15, -0.1) is 5.10 Å². The van der Waals surface area contributed by atoms with Gasteiger partial charge in [0.1, 0.15) is 0 Å². The van der Waals surface area contributed by atoms with E-state index in [4.69, 9.17) is 33.7 Å². The van der Waals surface area contributed by atoms with Gasteiger partial charge in [0.2, 0.25) is 0 Å². The fourth-order valence-corrected chi connectivity index (χ4v) is 2.42. The quantitative estimate of drug-likeness (QED) is 0.860. The molecule has 3 rings (SSSR count). The fraction of sp³-hybridized carbons (Fsp3) is 0.364. The summed E-state index contributed by atoms with van der Waals surface area (Å²) in [7, 11) is 0. The maximum atomic E-state index is 6.03. The van der Waals surface area contributed by atoms with E-state index in [9.17, 15) is 0 Å². The van der Waals surface area contributed by atoms with Gasteiger partial charge in [-0.1, -0.05) is 23.2 Å². The van der Waals surface area contributed by atoms with E-state index >= 15 is 0 Å². The number of nitrogens with two attached hydrogens (primary N) is 1. The van der Waals surface area contributed by atoms with E-state index in [1.165, 1.54) is 0 Å². The third-order valence-corrected chi connectivity index (χ3v) is 3.88. The molecule has 1 aromatic heterocycles. The second kappa shape index (κ2) is 4.96. The highest BCUT2D eigenvalue weighted by molar-refractivity contribution is 6.43. The normalized spacial score (nSPS) is 18.9. The van der Waals surface area contributed by atoms with Crippen molar-refractivity contribution in [2.75, 3.05) is 18.9 Å². The van der Waals surface area contributed by atoms with Crippen LogP contribution in [-0.2, 0) is 4.74 Å². The Kier molecular flexibility index (Phi) is 3.30. The highest BCUT2D eigenvalue weighted by atomic mass is 35.5. The molecule has 2 aromatic rings. The molecule has 1 aliphatic heterocycles. The molecule has 0 aliphatic carbocycles. The first-order chi connectivity index (χ1) is 9.16. The number of nitrogen functional groups attached to an aromatic ring is 1. The Bertz CT molecular complexity index is 586. The van der Waals surface area contributed by atoms with Crippen molar-refractivity contribution < 1.29 is 4.74 Å². The Hall–Kier alpha value is -1.37. The number of ether oxygens (including phenoxy) is 1. The summed E-state index contributed by atoms with van der Waals surface area (Å²) in [5.74, 6) is 0.612. The highest BCUT2D eigenvalue weighted by Crippen LogP contribution is 2.34. The summed E-state index contributed by atoms with van der Waals surface area (Å²) in [4.78, 5) is 0. The molecule has 1 aromatic carbocycles. The third kappa shape index (κ3) is 2.27. The molecular weight excluding hydrogens is 289 g/mol. The molecule has 1 fully saturated rings. The Labute approximate surface area is 119 Å². The number of halogens is 2. The van der Waals surface area contributed by atoms with E-state index in [-0.39, 0.29) is 6.04 Å². The van der Waals surface area contributed by atoms with E-state index in [1.807, 2.05) is 0 Å². The van der Waals surface area contributed by atoms with Gasteiger partial charge in [0, 0.05) is 12.2 Å². The molecule has 8 heteroatoms. The predicted octanol–water partition coefficient (Wildman–Crippen LogP) is 2.19. The lowest BCUT2D eigenvalue weighted by Gasteiger charge is -2.11. The summed E-state index contributed by atoms with van der Waals surface area (Å²) < 4.78 is 7.09. The van der Waals surface area contributed by atoms with E-state index in [0.717, 1.165) is 12.0 Å². The molecular formula is C11H11Cl2N5O. The summed E-state index contributed by atoms with van der Waals surface area (Å²) in [5, 5.41) is 12.5. The van der Waals surface area contributed by atoms with Gasteiger partial charge in [-0.3, -0.25) is 0 Å². The Morgan fingerprint density at radius 2 is 2.21 bits per heavy atom. The van der Waals surface area contributed by atoms with Crippen LogP contribution in [0.2, 0.25) is 10.0 Å². The SMILES string of the molecule is Nc1cc(-c2nnnn2C2CCOC2)cc(Cl)c1Cl. The number of tetrazole rings is 1. The van der Waals surface area contributed by atoms with Gasteiger partial charge in [0.25, 0.3) is 0 Å². The van der Waals surface area contributed by atoms with Crippen LogP contribution in [0.5, 0.6) is 0 Å². The van der Waals surface area contributed by atoms with E-state index in [0.29, 0.717) is 34.8 Å². The molecule has 1 atom stereocenters.